The highest BCUT2D eigenvalue weighted by molar-refractivity contribution is 9.10. The summed E-state index contributed by atoms with van der Waals surface area (Å²) in [7, 11) is 0. The van der Waals surface area contributed by atoms with E-state index in [0.717, 1.165) is 29.4 Å². The van der Waals surface area contributed by atoms with Gasteiger partial charge in [-0.15, -0.1) is 0 Å². The van der Waals surface area contributed by atoms with Gasteiger partial charge in [0.25, 0.3) is 0 Å². The van der Waals surface area contributed by atoms with E-state index in [-0.39, 0.29) is 12.1 Å². The Morgan fingerprint density at radius 3 is 2.80 bits per heavy atom. The zero-order chi connectivity index (χ0) is 10.8. The molecule has 2 atom stereocenters. The van der Waals surface area contributed by atoms with Crippen LogP contribution in [0.5, 0.6) is 0 Å². The van der Waals surface area contributed by atoms with E-state index in [1.54, 1.807) is 0 Å². The van der Waals surface area contributed by atoms with Gasteiger partial charge in [-0.2, -0.15) is 0 Å². The smallest absolute Gasteiger partial charge is 0.0741 e. The molecule has 1 aliphatic carbocycles. The number of halogens is 1. The van der Waals surface area contributed by atoms with E-state index in [0.29, 0.717) is 0 Å². The van der Waals surface area contributed by atoms with Crippen molar-refractivity contribution in [3.8, 4) is 0 Å². The van der Waals surface area contributed by atoms with E-state index >= 15 is 0 Å². The predicted molar refractivity (Wildman–Crippen MR) is 66.1 cm³/mol. The summed E-state index contributed by atoms with van der Waals surface area (Å²) in [5.41, 5.74) is 2.31. The van der Waals surface area contributed by atoms with Crippen molar-refractivity contribution in [2.45, 2.75) is 38.3 Å². The first-order chi connectivity index (χ1) is 7.16. The van der Waals surface area contributed by atoms with Crippen LogP contribution in [0.4, 0.5) is 5.69 Å². The van der Waals surface area contributed by atoms with Crippen molar-refractivity contribution < 1.29 is 5.11 Å². The van der Waals surface area contributed by atoms with Gasteiger partial charge in [-0.25, -0.2) is 0 Å². The third-order valence-electron chi connectivity index (χ3n) is 2.94. The highest BCUT2D eigenvalue weighted by Gasteiger charge is 2.25. The maximum Gasteiger partial charge on any atom is 0.0741 e. The summed E-state index contributed by atoms with van der Waals surface area (Å²) in [5, 5.41) is 13.1. The molecule has 2 rings (SSSR count). The van der Waals surface area contributed by atoms with Crippen LogP contribution in [0.15, 0.2) is 22.7 Å². The summed E-state index contributed by atoms with van der Waals surface area (Å²) >= 11 is 3.53. The van der Waals surface area contributed by atoms with E-state index in [9.17, 15) is 5.11 Å². The van der Waals surface area contributed by atoms with Crippen molar-refractivity contribution in [3.63, 3.8) is 0 Å². The van der Waals surface area contributed by atoms with Crippen LogP contribution in [0.3, 0.4) is 0 Å². The number of anilines is 1. The second-order valence-corrected chi connectivity index (χ2v) is 5.09. The lowest BCUT2D eigenvalue weighted by Gasteiger charge is -2.19. The molecule has 1 saturated carbocycles. The molecule has 3 heteroatoms. The van der Waals surface area contributed by atoms with Crippen LogP contribution >= 0.6 is 15.9 Å². The van der Waals surface area contributed by atoms with E-state index < -0.39 is 0 Å². The zero-order valence-electron chi connectivity index (χ0n) is 8.83. The van der Waals surface area contributed by atoms with Gasteiger partial charge in [-0.05, 0) is 59.8 Å². The molecule has 2 N–H and O–H groups in total. The molecule has 0 amide bonds. The second-order valence-electron chi connectivity index (χ2n) is 4.23. The molecule has 1 aliphatic rings. The highest BCUT2D eigenvalue weighted by atomic mass is 79.9. The van der Waals surface area contributed by atoms with Gasteiger partial charge < -0.3 is 10.4 Å². The Morgan fingerprint density at radius 1 is 1.40 bits per heavy atom. The van der Waals surface area contributed by atoms with Gasteiger partial charge in [0, 0.05) is 10.2 Å². The lowest BCUT2D eigenvalue weighted by Crippen LogP contribution is -2.27. The molecule has 0 radical (unpaired) electrons. The average molecular weight is 270 g/mol. The van der Waals surface area contributed by atoms with Crippen LogP contribution in [-0.2, 0) is 0 Å². The fourth-order valence-electron chi connectivity index (χ4n) is 2.05. The molecule has 1 aromatic rings. The second kappa shape index (κ2) is 4.54. The minimum Gasteiger partial charge on any atom is -0.391 e. The van der Waals surface area contributed by atoms with E-state index in [2.05, 4.69) is 46.4 Å². The maximum atomic E-state index is 9.72. The number of rotatable bonds is 2. The maximum absolute atomic E-state index is 9.72. The van der Waals surface area contributed by atoms with Gasteiger partial charge in [0.1, 0.15) is 0 Å². The molecular weight excluding hydrogens is 254 g/mol. The van der Waals surface area contributed by atoms with Crippen molar-refractivity contribution in [3.05, 3.63) is 28.2 Å². The van der Waals surface area contributed by atoms with Crippen LogP contribution in [-0.4, -0.2) is 17.3 Å². The Balaban J connectivity index is 2.10. The van der Waals surface area contributed by atoms with Gasteiger partial charge in [-0.3, -0.25) is 0 Å². The fraction of sp³-hybridized carbons (Fsp3) is 0.500. The Morgan fingerprint density at radius 2 is 2.20 bits per heavy atom. The summed E-state index contributed by atoms with van der Waals surface area (Å²) in [6.07, 6.45) is 2.89. The minimum atomic E-state index is -0.196. The quantitative estimate of drug-likeness (QED) is 0.865. The number of aryl methyl sites for hydroxylation is 1. The molecule has 1 fully saturated rings. The van der Waals surface area contributed by atoms with Crippen molar-refractivity contribution in [2.75, 3.05) is 5.32 Å². The topological polar surface area (TPSA) is 32.3 Å². The number of hydrogen-bond acceptors (Lipinski definition) is 2. The number of aliphatic hydroxyl groups excluding tert-OH is 1. The average Bonchev–Trinajstić information content (AvgIpc) is 2.57. The molecule has 0 spiro atoms. The summed E-state index contributed by atoms with van der Waals surface area (Å²) in [6.45, 7) is 2.07. The van der Waals surface area contributed by atoms with Crippen LogP contribution in [0.2, 0.25) is 0 Å². The number of aliphatic hydroxyl groups is 1. The first-order valence-electron chi connectivity index (χ1n) is 5.37. The Hall–Kier alpha value is -0.540. The summed E-state index contributed by atoms with van der Waals surface area (Å²) < 4.78 is 1.07. The predicted octanol–water partition coefficient (Wildman–Crippen LogP) is 3.08. The van der Waals surface area contributed by atoms with Crippen molar-refractivity contribution in [1.82, 2.24) is 0 Å². The van der Waals surface area contributed by atoms with Crippen molar-refractivity contribution >= 4 is 21.6 Å². The molecule has 0 unspecified atom stereocenters. The van der Waals surface area contributed by atoms with Crippen molar-refractivity contribution in [1.29, 1.82) is 0 Å². The van der Waals surface area contributed by atoms with E-state index in [1.165, 1.54) is 5.56 Å². The SMILES string of the molecule is Cc1ccc(N[C@H]2CCC[C@@H]2O)c(Br)c1. The Kier molecular flexibility index (Phi) is 3.32. The Labute approximate surface area is 98.8 Å². The third kappa shape index (κ3) is 2.52. The van der Waals surface area contributed by atoms with Gasteiger partial charge >= 0.3 is 0 Å². The monoisotopic (exact) mass is 269 g/mol. The normalized spacial score (nSPS) is 25.5. The van der Waals surface area contributed by atoms with Gasteiger partial charge in [-0.1, -0.05) is 6.07 Å². The summed E-state index contributed by atoms with van der Waals surface area (Å²) in [4.78, 5) is 0. The molecule has 0 aromatic heterocycles. The molecular formula is C12H16BrNO. The molecule has 0 heterocycles. The van der Waals surface area contributed by atoms with E-state index in [1.807, 2.05) is 0 Å². The molecule has 0 aliphatic heterocycles. The van der Waals surface area contributed by atoms with Crippen LogP contribution in [0, 0.1) is 6.92 Å². The molecule has 15 heavy (non-hydrogen) atoms. The van der Waals surface area contributed by atoms with Crippen molar-refractivity contribution in [2.24, 2.45) is 0 Å². The number of nitrogens with one attached hydrogen (secondary N) is 1. The first-order valence-corrected chi connectivity index (χ1v) is 6.17. The van der Waals surface area contributed by atoms with Crippen LogP contribution in [0.25, 0.3) is 0 Å². The zero-order valence-corrected chi connectivity index (χ0v) is 10.4. The lowest BCUT2D eigenvalue weighted by molar-refractivity contribution is 0.172. The fourth-order valence-corrected chi connectivity index (χ4v) is 2.65. The van der Waals surface area contributed by atoms with Crippen LogP contribution < -0.4 is 5.32 Å². The van der Waals surface area contributed by atoms with Gasteiger partial charge in [0.15, 0.2) is 0 Å². The minimum absolute atomic E-state index is 0.196. The molecule has 0 saturated heterocycles. The first kappa shape index (κ1) is 11.0. The third-order valence-corrected chi connectivity index (χ3v) is 3.60. The van der Waals surface area contributed by atoms with Gasteiger partial charge in [0.05, 0.1) is 12.1 Å². The number of hydrogen-bond donors (Lipinski definition) is 2. The van der Waals surface area contributed by atoms with Crippen LogP contribution in [0.1, 0.15) is 24.8 Å². The highest BCUT2D eigenvalue weighted by Crippen LogP contribution is 2.28. The molecule has 82 valence electrons. The molecule has 1 aromatic carbocycles. The largest absolute Gasteiger partial charge is 0.391 e. The number of benzene rings is 1. The van der Waals surface area contributed by atoms with E-state index in [4.69, 9.17) is 0 Å². The molecule has 2 nitrogen and oxygen atoms in total. The van der Waals surface area contributed by atoms with Gasteiger partial charge in [0.2, 0.25) is 0 Å². The standard InChI is InChI=1S/C12H16BrNO/c1-8-5-6-10(9(13)7-8)14-11-3-2-4-12(11)15/h5-7,11-12,14-15H,2-4H2,1H3/t11-,12-/m0/s1. The summed E-state index contributed by atoms with van der Waals surface area (Å²) in [6, 6.07) is 6.44. The summed E-state index contributed by atoms with van der Waals surface area (Å²) in [5.74, 6) is 0. The molecule has 0 bridgehead atoms. The Bertz CT molecular complexity index is 353. The lowest BCUT2D eigenvalue weighted by atomic mass is 10.2.